The maximum absolute atomic E-state index is 13.2. The molecule has 2 aromatic rings. The molecule has 2 heterocycles. The molecule has 0 bridgehead atoms. The Morgan fingerprint density at radius 2 is 1.60 bits per heavy atom. The average molecular weight is 584 g/mol. The fourth-order valence-corrected chi connectivity index (χ4v) is 5.00. The Balaban J connectivity index is 1.21. The number of piperidine rings is 1. The Morgan fingerprint density at radius 3 is 2.24 bits per heavy atom. The quantitative estimate of drug-likeness (QED) is 0.316. The largest absolute Gasteiger partial charge is 0.494 e. The number of hydrogen-bond donors (Lipinski definition) is 2. The Hall–Kier alpha value is -3.63. The van der Waals surface area contributed by atoms with Gasteiger partial charge in [0.15, 0.2) is 6.29 Å². The van der Waals surface area contributed by atoms with Crippen LogP contribution in [-0.4, -0.2) is 78.8 Å². The van der Waals surface area contributed by atoms with Crippen molar-refractivity contribution in [1.29, 1.82) is 0 Å². The molecule has 0 unspecified atom stereocenters. The number of carbonyl (C=O) groups is 3. The minimum absolute atomic E-state index is 0.00636. The van der Waals surface area contributed by atoms with E-state index in [-0.39, 0.29) is 28.7 Å². The second-order valence-corrected chi connectivity index (χ2v) is 11.7. The molecule has 2 N–H and O–H groups in total. The number of aliphatic carboxylic acids is 1. The van der Waals surface area contributed by atoms with Crippen molar-refractivity contribution < 1.29 is 43.5 Å². The summed E-state index contributed by atoms with van der Waals surface area (Å²) in [5.41, 5.74) is 1.36. The van der Waals surface area contributed by atoms with E-state index in [0.29, 0.717) is 64.5 Å². The highest BCUT2D eigenvalue weighted by molar-refractivity contribution is 6.00. The minimum Gasteiger partial charge on any atom is -0.494 e. The fraction of sp³-hybridized carbons (Fsp3) is 0.531. The number of rotatable bonds is 13. The fourth-order valence-electron chi connectivity index (χ4n) is 5.00. The number of ether oxygens (including phenoxy) is 4. The van der Waals surface area contributed by atoms with Gasteiger partial charge in [0.1, 0.15) is 11.5 Å². The van der Waals surface area contributed by atoms with Crippen LogP contribution in [0.4, 0.5) is 0 Å². The van der Waals surface area contributed by atoms with Crippen LogP contribution in [0.3, 0.4) is 0 Å². The van der Waals surface area contributed by atoms with E-state index < -0.39 is 17.9 Å². The molecular formula is C32H41NO9. The summed E-state index contributed by atoms with van der Waals surface area (Å²) in [7, 11) is 0. The Kier molecular flexibility index (Phi) is 10.8. The predicted molar refractivity (Wildman–Crippen MR) is 154 cm³/mol. The molecular weight excluding hydrogens is 542 g/mol. The zero-order valence-electron chi connectivity index (χ0n) is 24.4. The molecule has 2 fully saturated rings. The number of likely N-dealkylation sites (tertiary alicyclic amines) is 1. The van der Waals surface area contributed by atoms with Crippen LogP contribution in [0.1, 0.15) is 72.2 Å². The number of aryl methyl sites for hydroxylation is 1. The standard InChI is InChI=1S/C32H41NO9/c1-32(2)20-41-28(42-21-32)6-4-17-39-25-10-7-22(8-11-25)5-3-18-40-27-12-9-24(31(37)38)19-26(27)29(34)33-15-13-23(14-16-33)30(35)36/h7-12,19,23,28H,3-6,13-18,20-21H2,1-2H3,(H,35,36)(H,37,38). The molecule has 0 aromatic heterocycles. The van der Waals surface area contributed by atoms with Crippen LogP contribution in [-0.2, 0) is 20.7 Å². The van der Waals surface area contributed by atoms with E-state index in [2.05, 4.69) is 13.8 Å². The smallest absolute Gasteiger partial charge is 0.335 e. The Bertz CT molecular complexity index is 1210. The summed E-state index contributed by atoms with van der Waals surface area (Å²) < 4.78 is 23.3. The number of hydrogen-bond acceptors (Lipinski definition) is 7. The van der Waals surface area contributed by atoms with Gasteiger partial charge in [0.2, 0.25) is 0 Å². The highest BCUT2D eigenvalue weighted by Gasteiger charge is 2.30. The molecule has 4 rings (SSSR count). The van der Waals surface area contributed by atoms with Gasteiger partial charge in [0.05, 0.1) is 43.5 Å². The van der Waals surface area contributed by atoms with Crippen molar-refractivity contribution in [3.8, 4) is 11.5 Å². The van der Waals surface area contributed by atoms with Crippen molar-refractivity contribution in [3.05, 3.63) is 59.2 Å². The molecule has 2 saturated heterocycles. The number of carboxylic acids is 2. The topological polar surface area (TPSA) is 132 Å². The molecule has 0 aliphatic carbocycles. The second-order valence-electron chi connectivity index (χ2n) is 11.7. The van der Waals surface area contributed by atoms with Crippen LogP contribution in [0.2, 0.25) is 0 Å². The highest BCUT2D eigenvalue weighted by Crippen LogP contribution is 2.27. The third-order valence-electron chi connectivity index (χ3n) is 7.55. The SMILES string of the molecule is CC1(C)COC(CCCOc2ccc(CCCOc3ccc(C(=O)O)cc3C(=O)N3CCC(C(=O)O)CC3)cc2)OC1. The molecule has 2 aliphatic rings. The summed E-state index contributed by atoms with van der Waals surface area (Å²) in [6.07, 6.45) is 3.65. The van der Waals surface area contributed by atoms with Gasteiger partial charge < -0.3 is 34.1 Å². The van der Waals surface area contributed by atoms with Gasteiger partial charge in [-0.3, -0.25) is 9.59 Å². The second kappa shape index (κ2) is 14.5. The first-order valence-corrected chi connectivity index (χ1v) is 14.6. The van der Waals surface area contributed by atoms with Gasteiger partial charge in [-0.2, -0.15) is 0 Å². The lowest BCUT2D eigenvalue weighted by Crippen LogP contribution is -2.40. The van der Waals surface area contributed by atoms with Gasteiger partial charge >= 0.3 is 11.9 Å². The van der Waals surface area contributed by atoms with Crippen LogP contribution in [0, 0.1) is 11.3 Å². The van der Waals surface area contributed by atoms with Crippen LogP contribution in [0.15, 0.2) is 42.5 Å². The van der Waals surface area contributed by atoms with Crippen molar-refractivity contribution >= 4 is 17.8 Å². The Morgan fingerprint density at radius 1 is 0.929 bits per heavy atom. The van der Waals surface area contributed by atoms with E-state index in [1.165, 1.54) is 18.2 Å². The van der Waals surface area contributed by atoms with E-state index in [1.54, 1.807) is 4.90 Å². The lowest BCUT2D eigenvalue weighted by Gasteiger charge is -2.34. The summed E-state index contributed by atoms with van der Waals surface area (Å²) >= 11 is 0. The van der Waals surface area contributed by atoms with Crippen molar-refractivity contribution in [2.24, 2.45) is 11.3 Å². The molecule has 10 heteroatoms. The van der Waals surface area contributed by atoms with Gasteiger partial charge in [0.25, 0.3) is 5.91 Å². The molecule has 1 amide bonds. The van der Waals surface area contributed by atoms with Gasteiger partial charge in [-0.15, -0.1) is 0 Å². The maximum Gasteiger partial charge on any atom is 0.335 e. The van der Waals surface area contributed by atoms with Gasteiger partial charge in [0, 0.05) is 24.9 Å². The Labute approximate surface area is 246 Å². The van der Waals surface area contributed by atoms with Crippen molar-refractivity contribution in [1.82, 2.24) is 4.90 Å². The lowest BCUT2D eigenvalue weighted by atomic mass is 9.95. The van der Waals surface area contributed by atoms with Gasteiger partial charge in [-0.25, -0.2) is 4.79 Å². The maximum atomic E-state index is 13.2. The highest BCUT2D eigenvalue weighted by atomic mass is 16.7. The third-order valence-corrected chi connectivity index (χ3v) is 7.55. The normalized spacial score (nSPS) is 17.5. The van der Waals surface area contributed by atoms with E-state index in [4.69, 9.17) is 18.9 Å². The molecule has 0 spiro atoms. The van der Waals surface area contributed by atoms with Gasteiger partial charge in [-0.1, -0.05) is 26.0 Å². The van der Waals surface area contributed by atoms with E-state index in [1.807, 2.05) is 24.3 Å². The molecule has 2 aromatic carbocycles. The predicted octanol–water partition coefficient (Wildman–Crippen LogP) is 4.89. The van der Waals surface area contributed by atoms with Crippen LogP contribution in [0.25, 0.3) is 0 Å². The first kappa shape index (κ1) is 31.3. The van der Waals surface area contributed by atoms with E-state index in [9.17, 15) is 24.6 Å². The van der Waals surface area contributed by atoms with Crippen molar-refractivity contribution in [2.45, 2.75) is 58.7 Å². The molecule has 10 nitrogen and oxygen atoms in total. The summed E-state index contributed by atoms with van der Waals surface area (Å²) in [6, 6.07) is 12.2. The number of aromatic carboxylic acids is 1. The summed E-state index contributed by atoms with van der Waals surface area (Å²) in [6.45, 7) is 7.19. The summed E-state index contributed by atoms with van der Waals surface area (Å²) in [5.74, 6) is -1.70. The van der Waals surface area contributed by atoms with Crippen LogP contribution >= 0.6 is 0 Å². The molecule has 42 heavy (non-hydrogen) atoms. The van der Waals surface area contributed by atoms with Gasteiger partial charge in [-0.05, 0) is 68.0 Å². The number of amides is 1. The first-order valence-electron chi connectivity index (χ1n) is 14.6. The van der Waals surface area contributed by atoms with E-state index >= 15 is 0 Å². The van der Waals surface area contributed by atoms with E-state index in [0.717, 1.165) is 30.6 Å². The number of nitrogens with zero attached hydrogens (tertiary/aromatic N) is 1. The van der Waals surface area contributed by atoms with Crippen molar-refractivity contribution in [3.63, 3.8) is 0 Å². The van der Waals surface area contributed by atoms with Crippen molar-refractivity contribution in [2.75, 3.05) is 39.5 Å². The average Bonchev–Trinajstić information content (AvgIpc) is 2.98. The molecule has 0 saturated carbocycles. The minimum atomic E-state index is -1.14. The lowest BCUT2D eigenvalue weighted by molar-refractivity contribution is -0.224. The first-order chi connectivity index (χ1) is 20.1. The summed E-state index contributed by atoms with van der Waals surface area (Å²) in [4.78, 5) is 37.6. The van der Waals surface area contributed by atoms with Crippen LogP contribution < -0.4 is 9.47 Å². The molecule has 0 radical (unpaired) electrons. The zero-order valence-corrected chi connectivity index (χ0v) is 24.4. The molecule has 0 atom stereocenters. The molecule has 228 valence electrons. The number of carboxylic acid groups (broad SMARTS) is 2. The number of carbonyl (C=O) groups excluding carboxylic acids is 1. The monoisotopic (exact) mass is 583 g/mol. The summed E-state index contributed by atoms with van der Waals surface area (Å²) in [5, 5.41) is 18.7. The third kappa shape index (κ3) is 8.93. The zero-order chi connectivity index (χ0) is 30.1. The van der Waals surface area contributed by atoms with Crippen LogP contribution in [0.5, 0.6) is 11.5 Å². The molecule has 2 aliphatic heterocycles. The number of benzene rings is 2.